The van der Waals surface area contributed by atoms with Crippen LogP contribution in [0.25, 0.3) is 27.8 Å². The van der Waals surface area contributed by atoms with Crippen molar-refractivity contribution in [3.05, 3.63) is 77.0 Å². The van der Waals surface area contributed by atoms with Crippen LogP contribution in [0.15, 0.2) is 65.4 Å². The zero-order valence-corrected chi connectivity index (χ0v) is 16.3. The van der Waals surface area contributed by atoms with E-state index in [4.69, 9.17) is 0 Å². The second-order valence-electron chi connectivity index (χ2n) is 6.32. The Morgan fingerprint density at radius 2 is 1.89 bits per heavy atom. The van der Waals surface area contributed by atoms with Gasteiger partial charge < -0.3 is 5.32 Å². The van der Waals surface area contributed by atoms with E-state index in [1.807, 2.05) is 22.8 Å². The Morgan fingerprint density at radius 1 is 1.07 bits per heavy atom. The van der Waals surface area contributed by atoms with Crippen LogP contribution in [0.2, 0.25) is 0 Å². The monoisotopic (exact) mass is 441 g/mol. The van der Waals surface area contributed by atoms with Crippen LogP contribution in [-0.2, 0) is 4.79 Å². The molecule has 1 aromatic heterocycles. The first kappa shape index (κ1) is 18.3. The van der Waals surface area contributed by atoms with Gasteiger partial charge in [0, 0.05) is 28.3 Å². The summed E-state index contributed by atoms with van der Waals surface area (Å²) in [4.78, 5) is 16.0. The topological polar surface area (TPSA) is 46.9 Å². The highest BCUT2D eigenvalue weighted by atomic mass is 79.9. The largest absolute Gasteiger partial charge is 0.326 e. The minimum absolute atomic E-state index is 0.112. The molecule has 0 aliphatic heterocycles. The number of imidazole rings is 1. The average Bonchev–Trinajstić information content (AvgIpc) is 3.06. The molecule has 1 amide bonds. The normalized spacial score (nSPS) is 11.0. The molecule has 1 N–H and O–H groups in total. The van der Waals surface area contributed by atoms with Gasteiger partial charge in [-0.15, -0.1) is 0 Å². The second-order valence-corrected chi connectivity index (χ2v) is 7.24. The van der Waals surface area contributed by atoms with Crippen LogP contribution in [0.1, 0.15) is 6.92 Å². The average molecular weight is 442 g/mol. The highest BCUT2D eigenvalue weighted by Crippen LogP contribution is 2.31. The Kier molecular flexibility index (Phi) is 4.68. The summed E-state index contributed by atoms with van der Waals surface area (Å²) in [6, 6.07) is 14.1. The fourth-order valence-corrected chi connectivity index (χ4v) is 3.44. The summed E-state index contributed by atoms with van der Waals surface area (Å²) in [7, 11) is 0. The molecule has 0 aliphatic carbocycles. The van der Waals surface area contributed by atoms with E-state index in [9.17, 15) is 13.6 Å². The van der Waals surface area contributed by atoms with Crippen LogP contribution in [-0.4, -0.2) is 15.5 Å². The number of carbonyl (C=O) groups is 1. The zero-order valence-electron chi connectivity index (χ0n) is 14.7. The lowest BCUT2D eigenvalue weighted by molar-refractivity contribution is -0.114. The molecule has 7 heteroatoms. The van der Waals surface area contributed by atoms with Crippen LogP contribution in [0.5, 0.6) is 0 Å². The van der Waals surface area contributed by atoms with Crippen molar-refractivity contribution < 1.29 is 13.6 Å². The van der Waals surface area contributed by atoms with Gasteiger partial charge in [-0.25, -0.2) is 13.8 Å². The van der Waals surface area contributed by atoms with Gasteiger partial charge >= 0.3 is 0 Å². The number of nitrogens with one attached hydrogen (secondary N) is 1. The number of aromatic nitrogens is 2. The van der Waals surface area contributed by atoms with Gasteiger partial charge in [0.2, 0.25) is 5.91 Å². The third-order valence-corrected chi connectivity index (χ3v) is 4.76. The van der Waals surface area contributed by atoms with Gasteiger partial charge in [0.1, 0.15) is 18.0 Å². The number of amides is 1. The molecule has 0 saturated carbocycles. The molecule has 4 aromatic rings. The van der Waals surface area contributed by atoms with Crippen molar-refractivity contribution in [2.75, 3.05) is 5.32 Å². The standard InChI is InChI=1S/C21H14BrF2N3O/c1-12(28)26-16-6-13(18-9-15(23)3-4-19(18)24)7-17(10-16)27-11-25-20-8-14(22)2-5-21(20)27/h2-11H,1H3,(H,26,28). The van der Waals surface area contributed by atoms with E-state index in [1.165, 1.54) is 6.92 Å². The maximum atomic E-state index is 14.3. The molecule has 0 radical (unpaired) electrons. The summed E-state index contributed by atoms with van der Waals surface area (Å²) in [5.74, 6) is -1.35. The quantitative estimate of drug-likeness (QED) is 0.443. The van der Waals surface area contributed by atoms with E-state index in [0.29, 0.717) is 16.9 Å². The molecule has 4 rings (SSSR count). The maximum absolute atomic E-state index is 14.3. The molecule has 0 spiro atoms. The predicted molar refractivity (Wildman–Crippen MR) is 108 cm³/mol. The number of benzene rings is 3. The van der Waals surface area contributed by atoms with Crippen molar-refractivity contribution in [3.8, 4) is 16.8 Å². The van der Waals surface area contributed by atoms with Crippen molar-refractivity contribution in [1.29, 1.82) is 0 Å². The van der Waals surface area contributed by atoms with E-state index in [-0.39, 0.29) is 11.5 Å². The summed E-state index contributed by atoms with van der Waals surface area (Å²) in [5.41, 5.74) is 3.31. The fraction of sp³-hybridized carbons (Fsp3) is 0.0476. The third kappa shape index (κ3) is 3.53. The molecule has 0 saturated heterocycles. The molecular weight excluding hydrogens is 428 g/mol. The van der Waals surface area contributed by atoms with Crippen molar-refractivity contribution in [1.82, 2.24) is 9.55 Å². The van der Waals surface area contributed by atoms with E-state index >= 15 is 0 Å². The van der Waals surface area contributed by atoms with E-state index in [1.54, 1.807) is 24.5 Å². The number of rotatable bonds is 3. The van der Waals surface area contributed by atoms with E-state index in [0.717, 1.165) is 33.7 Å². The zero-order chi connectivity index (χ0) is 19.8. The molecule has 1 heterocycles. The first-order valence-corrected chi connectivity index (χ1v) is 9.21. The Morgan fingerprint density at radius 3 is 2.68 bits per heavy atom. The molecule has 3 aromatic carbocycles. The van der Waals surface area contributed by atoms with Crippen LogP contribution in [0.3, 0.4) is 0 Å². The van der Waals surface area contributed by atoms with Crippen LogP contribution < -0.4 is 5.32 Å². The Labute approximate surface area is 168 Å². The van der Waals surface area contributed by atoms with Crippen molar-refractivity contribution in [2.24, 2.45) is 0 Å². The molecule has 0 bridgehead atoms. The second kappa shape index (κ2) is 7.16. The number of carbonyl (C=O) groups excluding carboxylic acids is 1. The lowest BCUT2D eigenvalue weighted by Crippen LogP contribution is -2.07. The van der Waals surface area contributed by atoms with Gasteiger partial charge in [-0.2, -0.15) is 0 Å². The molecule has 4 nitrogen and oxygen atoms in total. The number of nitrogens with zero attached hydrogens (tertiary/aromatic N) is 2. The van der Waals surface area contributed by atoms with Gasteiger partial charge in [0.15, 0.2) is 0 Å². The van der Waals surface area contributed by atoms with Gasteiger partial charge in [-0.1, -0.05) is 15.9 Å². The van der Waals surface area contributed by atoms with Crippen molar-refractivity contribution >= 4 is 38.6 Å². The Hall–Kier alpha value is -3.06. The Balaban J connectivity index is 1.93. The first-order valence-electron chi connectivity index (χ1n) is 8.42. The number of hydrogen-bond donors (Lipinski definition) is 1. The van der Waals surface area contributed by atoms with E-state index in [2.05, 4.69) is 26.2 Å². The van der Waals surface area contributed by atoms with Gasteiger partial charge in [0.25, 0.3) is 0 Å². The molecule has 28 heavy (non-hydrogen) atoms. The van der Waals surface area contributed by atoms with Crippen LogP contribution >= 0.6 is 15.9 Å². The molecule has 0 fully saturated rings. The van der Waals surface area contributed by atoms with Crippen LogP contribution in [0.4, 0.5) is 14.5 Å². The summed E-state index contributed by atoms with van der Waals surface area (Å²) in [5, 5.41) is 2.71. The minimum Gasteiger partial charge on any atom is -0.326 e. The third-order valence-electron chi connectivity index (χ3n) is 4.27. The fourth-order valence-electron chi connectivity index (χ4n) is 3.09. The number of fused-ring (bicyclic) bond motifs is 1. The predicted octanol–water partition coefficient (Wildman–Crippen LogP) is 5.69. The summed E-state index contributed by atoms with van der Waals surface area (Å²) >= 11 is 3.42. The number of halogens is 3. The molecule has 140 valence electrons. The summed E-state index contributed by atoms with van der Waals surface area (Å²) in [6.07, 6.45) is 1.65. The molecule has 0 atom stereocenters. The van der Waals surface area contributed by atoms with Gasteiger partial charge in [0.05, 0.1) is 11.0 Å². The highest BCUT2D eigenvalue weighted by Gasteiger charge is 2.13. The Bertz CT molecular complexity index is 1220. The first-order chi connectivity index (χ1) is 13.4. The lowest BCUT2D eigenvalue weighted by Gasteiger charge is -2.13. The minimum atomic E-state index is -0.549. The van der Waals surface area contributed by atoms with Gasteiger partial charge in [-0.3, -0.25) is 9.36 Å². The maximum Gasteiger partial charge on any atom is 0.221 e. The summed E-state index contributed by atoms with van der Waals surface area (Å²) in [6.45, 7) is 1.39. The van der Waals surface area contributed by atoms with Crippen LogP contribution in [0, 0.1) is 11.6 Å². The smallest absolute Gasteiger partial charge is 0.221 e. The molecule has 0 unspecified atom stereocenters. The lowest BCUT2D eigenvalue weighted by atomic mass is 10.0. The number of anilines is 1. The van der Waals surface area contributed by atoms with Gasteiger partial charge in [-0.05, 0) is 60.2 Å². The van der Waals surface area contributed by atoms with E-state index < -0.39 is 11.6 Å². The SMILES string of the molecule is CC(=O)Nc1cc(-c2cc(F)ccc2F)cc(-n2cnc3cc(Br)ccc32)c1. The molecule has 0 aliphatic rings. The number of hydrogen-bond acceptors (Lipinski definition) is 2. The summed E-state index contributed by atoms with van der Waals surface area (Å²) < 4.78 is 30.8. The van der Waals surface area contributed by atoms with Crippen molar-refractivity contribution in [2.45, 2.75) is 6.92 Å². The molecular formula is C21H14BrF2N3O. The van der Waals surface area contributed by atoms with Crippen molar-refractivity contribution in [3.63, 3.8) is 0 Å². The highest BCUT2D eigenvalue weighted by molar-refractivity contribution is 9.10.